The van der Waals surface area contributed by atoms with Gasteiger partial charge in [-0.2, -0.15) is 17.0 Å². The monoisotopic (exact) mass is 305 g/mol. The van der Waals surface area contributed by atoms with Gasteiger partial charge in [0.05, 0.1) is 0 Å². The molecule has 1 aliphatic rings. The summed E-state index contributed by atoms with van der Waals surface area (Å²) in [5, 5.41) is 3.18. The molecule has 1 heterocycles. The predicted octanol–water partition coefficient (Wildman–Crippen LogP) is 1.53. The molecule has 0 unspecified atom stereocenters. The smallest absolute Gasteiger partial charge is 0.282 e. The van der Waals surface area contributed by atoms with Crippen LogP contribution >= 0.6 is 0 Å². The highest BCUT2D eigenvalue weighted by Gasteiger charge is 2.34. The van der Waals surface area contributed by atoms with Crippen molar-refractivity contribution in [3.63, 3.8) is 0 Å². The van der Waals surface area contributed by atoms with Crippen LogP contribution in [-0.4, -0.2) is 56.3 Å². The molecule has 0 spiro atoms. The van der Waals surface area contributed by atoms with E-state index in [1.165, 1.54) is 0 Å². The van der Waals surface area contributed by atoms with E-state index < -0.39 is 10.2 Å². The van der Waals surface area contributed by atoms with Crippen LogP contribution < -0.4 is 5.32 Å². The van der Waals surface area contributed by atoms with Crippen LogP contribution in [0.25, 0.3) is 0 Å². The third-order valence-electron chi connectivity index (χ3n) is 3.81. The molecule has 0 aromatic heterocycles. The van der Waals surface area contributed by atoms with E-state index in [0.29, 0.717) is 31.5 Å². The molecule has 0 amide bonds. The van der Waals surface area contributed by atoms with Gasteiger partial charge in [-0.15, -0.1) is 0 Å². The van der Waals surface area contributed by atoms with Crippen molar-refractivity contribution < 1.29 is 8.42 Å². The SMILES string of the molecule is CNCC1CCN(S(=O)(=O)N(CC(C)C)C(C)C)CC1. The first kappa shape index (κ1) is 17.9. The third-order valence-corrected chi connectivity index (χ3v) is 5.99. The Bertz CT molecular complexity index is 374. The van der Waals surface area contributed by atoms with Crippen LogP contribution in [0.2, 0.25) is 0 Å². The van der Waals surface area contributed by atoms with Gasteiger partial charge in [-0.05, 0) is 52.1 Å². The van der Waals surface area contributed by atoms with Crippen molar-refractivity contribution in [2.45, 2.75) is 46.6 Å². The maximum atomic E-state index is 12.8. The van der Waals surface area contributed by atoms with Crippen molar-refractivity contribution in [1.29, 1.82) is 0 Å². The molecule has 6 heteroatoms. The fourth-order valence-electron chi connectivity index (χ4n) is 2.71. The van der Waals surface area contributed by atoms with Crippen LogP contribution in [0.5, 0.6) is 0 Å². The maximum Gasteiger partial charge on any atom is 0.282 e. The molecular formula is C14H31N3O2S. The largest absolute Gasteiger partial charge is 0.319 e. The Balaban J connectivity index is 2.72. The van der Waals surface area contributed by atoms with Gasteiger partial charge < -0.3 is 5.32 Å². The lowest BCUT2D eigenvalue weighted by Gasteiger charge is -2.37. The van der Waals surface area contributed by atoms with Gasteiger partial charge in [0, 0.05) is 25.7 Å². The summed E-state index contributed by atoms with van der Waals surface area (Å²) in [4.78, 5) is 0. The van der Waals surface area contributed by atoms with Crippen LogP contribution in [0, 0.1) is 11.8 Å². The summed E-state index contributed by atoms with van der Waals surface area (Å²) in [6.45, 7) is 10.9. The predicted molar refractivity (Wildman–Crippen MR) is 83.8 cm³/mol. The van der Waals surface area contributed by atoms with Crippen LogP contribution in [0.1, 0.15) is 40.5 Å². The second kappa shape index (κ2) is 7.73. The molecule has 1 N–H and O–H groups in total. The Labute approximate surface area is 124 Å². The standard InChI is InChI=1S/C14H31N3O2S/c1-12(2)11-17(13(3)4)20(18,19)16-8-6-14(7-9-16)10-15-5/h12-15H,6-11H2,1-5H3. The first-order valence-electron chi connectivity index (χ1n) is 7.70. The Kier molecular flexibility index (Phi) is 6.91. The van der Waals surface area contributed by atoms with E-state index >= 15 is 0 Å². The number of rotatable bonds is 7. The zero-order valence-electron chi connectivity index (χ0n) is 13.6. The molecule has 1 rings (SSSR count). The van der Waals surface area contributed by atoms with Crippen molar-refractivity contribution in [2.75, 3.05) is 33.2 Å². The second-order valence-corrected chi connectivity index (χ2v) is 8.35. The van der Waals surface area contributed by atoms with Crippen molar-refractivity contribution >= 4 is 10.2 Å². The van der Waals surface area contributed by atoms with Crippen molar-refractivity contribution in [2.24, 2.45) is 11.8 Å². The normalized spacial score (nSPS) is 19.4. The average molecular weight is 305 g/mol. The van der Waals surface area contributed by atoms with Crippen molar-refractivity contribution in [3.8, 4) is 0 Å². The lowest BCUT2D eigenvalue weighted by Crippen LogP contribution is -2.51. The Morgan fingerprint density at radius 1 is 1.20 bits per heavy atom. The van der Waals surface area contributed by atoms with Crippen LogP contribution in [0.15, 0.2) is 0 Å². The molecule has 0 bridgehead atoms. The zero-order chi connectivity index (χ0) is 15.3. The van der Waals surface area contributed by atoms with Crippen molar-refractivity contribution in [3.05, 3.63) is 0 Å². The van der Waals surface area contributed by atoms with Gasteiger partial charge in [0.2, 0.25) is 0 Å². The van der Waals surface area contributed by atoms with E-state index in [-0.39, 0.29) is 6.04 Å². The summed E-state index contributed by atoms with van der Waals surface area (Å²) in [6, 6.07) is 0.0115. The number of hydrogen-bond donors (Lipinski definition) is 1. The minimum absolute atomic E-state index is 0.0115. The minimum atomic E-state index is -3.31. The summed E-state index contributed by atoms with van der Waals surface area (Å²) in [5.74, 6) is 0.943. The highest BCUT2D eigenvalue weighted by atomic mass is 32.2. The average Bonchev–Trinajstić information content (AvgIpc) is 2.36. The first-order valence-corrected chi connectivity index (χ1v) is 9.10. The maximum absolute atomic E-state index is 12.8. The quantitative estimate of drug-likeness (QED) is 0.776. The Morgan fingerprint density at radius 3 is 2.15 bits per heavy atom. The lowest BCUT2D eigenvalue weighted by molar-refractivity contribution is 0.235. The number of piperidine rings is 1. The van der Waals surface area contributed by atoms with E-state index in [2.05, 4.69) is 19.2 Å². The van der Waals surface area contributed by atoms with Gasteiger partial charge in [0.25, 0.3) is 10.2 Å². The fraction of sp³-hybridized carbons (Fsp3) is 1.00. The van der Waals surface area contributed by atoms with Gasteiger partial charge in [0.15, 0.2) is 0 Å². The molecule has 0 aliphatic carbocycles. The third kappa shape index (κ3) is 4.69. The molecule has 0 saturated carbocycles. The Morgan fingerprint density at radius 2 is 1.75 bits per heavy atom. The molecule has 0 atom stereocenters. The van der Waals surface area contributed by atoms with Gasteiger partial charge in [-0.3, -0.25) is 0 Å². The van der Waals surface area contributed by atoms with Gasteiger partial charge in [0.1, 0.15) is 0 Å². The lowest BCUT2D eigenvalue weighted by atomic mass is 9.98. The van der Waals surface area contributed by atoms with Crippen molar-refractivity contribution in [1.82, 2.24) is 13.9 Å². The molecule has 0 aromatic rings. The van der Waals surface area contributed by atoms with Gasteiger partial charge in [-0.1, -0.05) is 13.8 Å². The van der Waals surface area contributed by atoms with Crippen LogP contribution in [0.4, 0.5) is 0 Å². The molecular weight excluding hydrogens is 274 g/mol. The topological polar surface area (TPSA) is 52.7 Å². The number of nitrogens with one attached hydrogen (secondary N) is 1. The summed E-state index contributed by atoms with van der Waals surface area (Å²) in [5.41, 5.74) is 0. The van der Waals surface area contributed by atoms with Gasteiger partial charge >= 0.3 is 0 Å². The molecule has 5 nitrogen and oxygen atoms in total. The van der Waals surface area contributed by atoms with Crippen LogP contribution in [-0.2, 0) is 10.2 Å². The van der Waals surface area contributed by atoms with Crippen LogP contribution in [0.3, 0.4) is 0 Å². The van der Waals surface area contributed by atoms with E-state index in [4.69, 9.17) is 0 Å². The molecule has 0 aromatic carbocycles. The Hall–Kier alpha value is -0.170. The molecule has 1 fully saturated rings. The van der Waals surface area contributed by atoms with E-state index in [9.17, 15) is 8.42 Å². The summed E-state index contributed by atoms with van der Waals surface area (Å²) in [7, 11) is -1.36. The number of hydrogen-bond acceptors (Lipinski definition) is 3. The van der Waals surface area contributed by atoms with E-state index in [0.717, 1.165) is 19.4 Å². The summed E-state index contributed by atoms with van der Waals surface area (Å²) >= 11 is 0. The van der Waals surface area contributed by atoms with E-state index in [1.807, 2.05) is 20.9 Å². The molecule has 0 radical (unpaired) electrons. The molecule has 1 aliphatic heterocycles. The minimum Gasteiger partial charge on any atom is -0.319 e. The van der Waals surface area contributed by atoms with E-state index in [1.54, 1.807) is 8.61 Å². The summed E-state index contributed by atoms with van der Waals surface area (Å²) < 4.78 is 28.8. The summed E-state index contributed by atoms with van der Waals surface area (Å²) in [6.07, 6.45) is 1.90. The first-order chi connectivity index (χ1) is 9.28. The molecule has 20 heavy (non-hydrogen) atoms. The fourth-order valence-corrected chi connectivity index (χ4v) is 4.70. The highest BCUT2D eigenvalue weighted by Crippen LogP contribution is 2.22. The second-order valence-electron chi connectivity index (χ2n) is 6.47. The zero-order valence-corrected chi connectivity index (χ0v) is 14.4. The molecule has 120 valence electrons. The molecule has 1 saturated heterocycles. The van der Waals surface area contributed by atoms with Gasteiger partial charge in [-0.25, -0.2) is 0 Å². The highest BCUT2D eigenvalue weighted by molar-refractivity contribution is 7.86. The number of nitrogens with zero attached hydrogens (tertiary/aromatic N) is 2.